The van der Waals surface area contributed by atoms with Gasteiger partial charge in [-0.25, -0.2) is 4.98 Å². The van der Waals surface area contributed by atoms with Gasteiger partial charge < -0.3 is 9.64 Å². The van der Waals surface area contributed by atoms with E-state index in [4.69, 9.17) is 4.74 Å². The Morgan fingerprint density at radius 3 is 3.00 bits per heavy atom. The fourth-order valence-electron chi connectivity index (χ4n) is 3.18. The monoisotopic (exact) mass is 418 g/mol. The van der Waals surface area contributed by atoms with Crippen LogP contribution in [0.5, 0.6) is 0 Å². The Kier molecular flexibility index (Phi) is 6.44. The first-order valence-corrected chi connectivity index (χ1v) is 12.0. The fourth-order valence-corrected chi connectivity index (χ4v) is 5.84. The lowest BCUT2D eigenvalue weighted by atomic mass is 10.2. The van der Waals surface area contributed by atoms with Crippen LogP contribution in [0.3, 0.4) is 0 Å². The van der Waals surface area contributed by atoms with E-state index in [9.17, 15) is 4.79 Å². The largest absolute Gasteiger partial charge is 0.376 e. The second-order valence-corrected chi connectivity index (χ2v) is 9.69. The van der Waals surface area contributed by atoms with E-state index in [0.29, 0.717) is 18.8 Å². The maximum atomic E-state index is 12.9. The van der Waals surface area contributed by atoms with E-state index in [2.05, 4.69) is 22.5 Å². The summed E-state index contributed by atoms with van der Waals surface area (Å²) < 4.78 is 6.96. The van der Waals surface area contributed by atoms with Gasteiger partial charge in [-0.15, -0.1) is 34.4 Å². The summed E-state index contributed by atoms with van der Waals surface area (Å²) in [6, 6.07) is 12.3. The van der Waals surface area contributed by atoms with Crippen LogP contribution in [-0.4, -0.2) is 40.8 Å². The highest BCUT2D eigenvalue weighted by Gasteiger charge is 2.23. The molecular weight excluding hydrogens is 396 g/mol. The van der Waals surface area contributed by atoms with Crippen molar-refractivity contribution in [1.29, 1.82) is 0 Å². The average Bonchev–Trinajstić information content (AvgIpc) is 3.42. The number of amides is 1. The van der Waals surface area contributed by atoms with Crippen LogP contribution >= 0.6 is 34.4 Å². The standard InChI is InChI=1S/C20H22N2O2S3/c23-20(14-25-13-19-21-17-7-1-2-8-18(17)27-19)22(11-15-5-3-9-24-15)12-16-6-4-10-26-16/h1-2,4,6-8,10,15H,3,5,9,11-14H2. The van der Waals surface area contributed by atoms with Gasteiger partial charge in [0.05, 0.1) is 28.6 Å². The highest BCUT2D eigenvalue weighted by atomic mass is 32.2. The molecule has 0 saturated carbocycles. The summed E-state index contributed by atoms with van der Waals surface area (Å²) in [5, 5.41) is 3.14. The second-order valence-electron chi connectivity index (χ2n) is 6.56. The predicted molar refractivity (Wildman–Crippen MR) is 114 cm³/mol. The zero-order chi connectivity index (χ0) is 18.5. The lowest BCUT2D eigenvalue weighted by Crippen LogP contribution is -2.37. The fraction of sp³-hybridized carbons (Fsp3) is 0.400. The van der Waals surface area contributed by atoms with Gasteiger partial charge in [-0.1, -0.05) is 18.2 Å². The molecule has 142 valence electrons. The minimum absolute atomic E-state index is 0.183. The SMILES string of the molecule is O=C(CSCc1nc2ccccc2s1)N(Cc1cccs1)CC1CCCO1. The molecule has 7 heteroatoms. The molecule has 1 atom stereocenters. The van der Waals surface area contributed by atoms with Gasteiger partial charge in [0.15, 0.2) is 0 Å². The number of hydrogen-bond donors (Lipinski definition) is 0. The molecule has 3 heterocycles. The van der Waals surface area contributed by atoms with Crippen LogP contribution in [0.2, 0.25) is 0 Å². The molecule has 1 aliphatic heterocycles. The smallest absolute Gasteiger partial charge is 0.232 e. The number of rotatable bonds is 8. The molecule has 1 aromatic carbocycles. The van der Waals surface area contributed by atoms with Crippen LogP contribution < -0.4 is 0 Å². The first-order chi connectivity index (χ1) is 13.3. The van der Waals surface area contributed by atoms with Crippen molar-refractivity contribution in [2.75, 3.05) is 18.9 Å². The van der Waals surface area contributed by atoms with Crippen molar-refractivity contribution in [3.8, 4) is 0 Å². The molecule has 0 bridgehead atoms. The molecule has 2 aromatic heterocycles. The van der Waals surface area contributed by atoms with Crippen LogP contribution in [0, 0.1) is 0 Å². The second kappa shape index (κ2) is 9.19. The van der Waals surface area contributed by atoms with Crippen LogP contribution in [0.4, 0.5) is 0 Å². The number of carbonyl (C=O) groups excluding carboxylic acids is 1. The lowest BCUT2D eigenvalue weighted by Gasteiger charge is -2.25. The molecule has 1 aliphatic rings. The summed E-state index contributed by atoms with van der Waals surface area (Å²) in [5.41, 5.74) is 1.04. The molecule has 0 spiro atoms. The van der Waals surface area contributed by atoms with Crippen LogP contribution in [0.15, 0.2) is 41.8 Å². The highest BCUT2D eigenvalue weighted by molar-refractivity contribution is 7.99. The molecule has 0 radical (unpaired) electrons. The van der Waals surface area contributed by atoms with Gasteiger partial charge in [-0.05, 0) is 36.4 Å². The molecular formula is C20H22N2O2S3. The predicted octanol–water partition coefficient (Wildman–Crippen LogP) is 4.80. The summed E-state index contributed by atoms with van der Waals surface area (Å²) in [6.07, 6.45) is 2.33. The van der Waals surface area contributed by atoms with Crippen LogP contribution in [0.1, 0.15) is 22.7 Å². The first kappa shape index (κ1) is 18.9. The third-order valence-corrected chi connectivity index (χ3v) is 7.53. The molecule has 4 rings (SSSR count). The molecule has 3 aromatic rings. The third-order valence-electron chi connectivity index (χ3n) is 4.52. The summed E-state index contributed by atoms with van der Waals surface area (Å²) >= 11 is 5.06. The van der Waals surface area contributed by atoms with Crippen molar-refractivity contribution in [2.45, 2.75) is 31.2 Å². The normalized spacial score (nSPS) is 16.8. The van der Waals surface area contributed by atoms with Gasteiger partial charge in [0, 0.05) is 23.8 Å². The molecule has 27 heavy (non-hydrogen) atoms. The number of ether oxygens (including phenoxy) is 1. The van der Waals surface area contributed by atoms with E-state index in [1.54, 1.807) is 34.4 Å². The quantitative estimate of drug-likeness (QED) is 0.527. The number of hydrogen-bond acceptors (Lipinski definition) is 6. The molecule has 1 unspecified atom stereocenters. The van der Waals surface area contributed by atoms with E-state index in [1.165, 1.54) is 9.58 Å². The summed E-state index contributed by atoms with van der Waals surface area (Å²) in [6.45, 7) is 2.19. The minimum atomic E-state index is 0.183. The Hall–Kier alpha value is -1.41. The number of benzene rings is 1. The van der Waals surface area contributed by atoms with Crippen molar-refractivity contribution in [3.05, 3.63) is 51.7 Å². The summed E-state index contributed by atoms with van der Waals surface area (Å²) in [7, 11) is 0. The van der Waals surface area contributed by atoms with Gasteiger partial charge >= 0.3 is 0 Å². The van der Waals surface area contributed by atoms with Gasteiger partial charge in [-0.2, -0.15) is 0 Å². The highest BCUT2D eigenvalue weighted by Crippen LogP contribution is 2.25. The van der Waals surface area contributed by atoms with Crippen molar-refractivity contribution in [3.63, 3.8) is 0 Å². The lowest BCUT2D eigenvalue weighted by molar-refractivity contribution is -0.130. The number of carbonyl (C=O) groups is 1. The molecule has 4 nitrogen and oxygen atoms in total. The Bertz CT molecular complexity index is 839. The zero-order valence-corrected chi connectivity index (χ0v) is 17.5. The zero-order valence-electron chi connectivity index (χ0n) is 15.0. The molecule has 0 aliphatic carbocycles. The van der Waals surface area contributed by atoms with E-state index in [-0.39, 0.29) is 12.0 Å². The Labute approximate surface area is 171 Å². The summed E-state index contributed by atoms with van der Waals surface area (Å²) in [4.78, 5) is 20.7. The van der Waals surface area contributed by atoms with Crippen molar-refractivity contribution in [1.82, 2.24) is 9.88 Å². The van der Waals surface area contributed by atoms with Gasteiger partial charge in [0.25, 0.3) is 0 Å². The van der Waals surface area contributed by atoms with Crippen LogP contribution in [-0.2, 0) is 21.8 Å². The van der Waals surface area contributed by atoms with Crippen molar-refractivity contribution in [2.24, 2.45) is 0 Å². The Balaban J connectivity index is 1.33. The van der Waals surface area contributed by atoms with Crippen molar-refractivity contribution < 1.29 is 9.53 Å². The van der Waals surface area contributed by atoms with Gasteiger partial charge in [-0.3, -0.25) is 4.79 Å². The molecule has 0 N–H and O–H groups in total. The Morgan fingerprint density at radius 1 is 1.30 bits per heavy atom. The van der Waals surface area contributed by atoms with Gasteiger partial charge in [0.2, 0.25) is 5.91 Å². The maximum Gasteiger partial charge on any atom is 0.232 e. The van der Waals surface area contributed by atoms with E-state index in [1.807, 2.05) is 29.2 Å². The molecule has 1 fully saturated rings. The van der Waals surface area contributed by atoms with Crippen molar-refractivity contribution >= 4 is 50.6 Å². The first-order valence-electron chi connectivity index (χ1n) is 9.12. The number of thiazole rings is 1. The topological polar surface area (TPSA) is 42.4 Å². The minimum Gasteiger partial charge on any atom is -0.376 e. The van der Waals surface area contributed by atoms with E-state index < -0.39 is 0 Å². The van der Waals surface area contributed by atoms with Crippen LogP contribution in [0.25, 0.3) is 10.2 Å². The summed E-state index contributed by atoms with van der Waals surface area (Å²) in [5.74, 6) is 1.44. The average molecular weight is 419 g/mol. The number of nitrogens with zero attached hydrogens (tertiary/aromatic N) is 2. The number of thioether (sulfide) groups is 1. The molecule has 1 saturated heterocycles. The van der Waals surface area contributed by atoms with E-state index in [0.717, 1.165) is 35.7 Å². The van der Waals surface area contributed by atoms with E-state index >= 15 is 0 Å². The number of thiophene rings is 1. The van der Waals surface area contributed by atoms with Gasteiger partial charge in [0.1, 0.15) is 5.01 Å². The number of aromatic nitrogens is 1. The Morgan fingerprint density at radius 2 is 2.22 bits per heavy atom. The number of para-hydroxylation sites is 1. The molecule has 1 amide bonds. The third kappa shape index (κ3) is 5.10. The maximum absolute atomic E-state index is 12.9. The number of fused-ring (bicyclic) bond motifs is 1.